The Balaban J connectivity index is 0.000000269. The molecule has 3 heterocycles. The van der Waals surface area contributed by atoms with Crippen molar-refractivity contribution in [3.05, 3.63) is 59.7 Å². The highest BCUT2D eigenvalue weighted by Gasteiger charge is 2.33. The van der Waals surface area contributed by atoms with Crippen molar-refractivity contribution in [3.63, 3.8) is 0 Å². The van der Waals surface area contributed by atoms with Gasteiger partial charge in [-0.05, 0) is 56.9 Å². The maximum atomic E-state index is 12.6. The Morgan fingerprint density at radius 2 is 2.02 bits per heavy atom. The Hall–Kier alpha value is -3.02. The van der Waals surface area contributed by atoms with Crippen LogP contribution >= 0.6 is 0 Å². The molecule has 1 aliphatic heterocycles. The van der Waals surface area contributed by atoms with Gasteiger partial charge in [-0.15, -0.1) is 0 Å². The first-order chi connectivity index (χ1) is 19.2. The number of amides is 1. The SMILES string of the molecule is CC.CCOCCCC(C)N1CCC(OCc2cccnc2)C1.NC(=O)Cc1nc2c(C(F)(F)F)cccc2[nH]1. The number of halogens is 3. The topological polar surface area (TPSA) is 106 Å². The van der Waals surface area contributed by atoms with Crippen LogP contribution in [-0.2, 0) is 33.5 Å². The van der Waals surface area contributed by atoms with E-state index in [1.165, 1.54) is 18.6 Å². The number of likely N-dealkylation sites (tertiary alicyclic amines) is 1. The van der Waals surface area contributed by atoms with Crippen LogP contribution in [0.25, 0.3) is 11.0 Å². The fourth-order valence-corrected chi connectivity index (χ4v) is 4.36. The number of carbonyl (C=O) groups is 1. The molecule has 222 valence electrons. The largest absolute Gasteiger partial charge is 0.418 e. The van der Waals surface area contributed by atoms with Crippen LogP contribution in [0.3, 0.4) is 0 Å². The van der Waals surface area contributed by atoms with Crippen LogP contribution in [0.4, 0.5) is 13.2 Å². The van der Waals surface area contributed by atoms with E-state index < -0.39 is 17.6 Å². The Morgan fingerprint density at radius 3 is 2.67 bits per heavy atom. The molecule has 1 aliphatic rings. The van der Waals surface area contributed by atoms with E-state index >= 15 is 0 Å². The monoisotopic (exact) mass is 565 g/mol. The molecule has 2 unspecified atom stereocenters. The Kier molecular flexibility index (Phi) is 14.1. The molecule has 0 spiro atoms. The predicted molar refractivity (Wildman–Crippen MR) is 150 cm³/mol. The lowest BCUT2D eigenvalue weighted by Crippen LogP contribution is -2.32. The first kappa shape index (κ1) is 33.2. The molecule has 3 aromatic rings. The molecule has 0 bridgehead atoms. The number of aromatic nitrogens is 3. The van der Waals surface area contributed by atoms with Gasteiger partial charge in [0, 0.05) is 44.7 Å². The van der Waals surface area contributed by atoms with Crippen molar-refractivity contribution in [2.75, 3.05) is 26.3 Å². The number of primary amides is 1. The summed E-state index contributed by atoms with van der Waals surface area (Å²) in [6.45, 7) is 12.9. The van der Waals surface area contributed by atoms with Crippen LogP contribution in [0.1, 0.15) is 63.9 Å². The van der Waals surface area contributed by atoms with E-state index in [2.05, 4.69) is 32.8 Å². The zero-order chi connectivity index (χ0) is 29.5. The summed E-state index contributed by atoms with van der Waals surface area (Å²) >= 11 is 0. The van der Waals surface area contributed by atoms with E-state index in [1.54, 1.807) is 6.20 Å². The first-order valence-electron chi connectivity index (χ1n) is 13.8. The highest BCUT2D eigenvalue weighted by molar-refractivity contribution is 5.81. The summed E-state index contributed by atoms with van der Waals surface area (Å²) in [6, 6.07) is 8.32. The first-order valence-corrected chi connectivity index (χ1v) is 13.8. The molecule has 1 amide bonds. The molecule has 1 saturated heterocycles. The van der Waals surface area contributed by atoms with Crippen LogP contribution in [-0.4, -0.2) is 64.2 Å². The number of para-hydroxylation sites is 1. The second kappa shape index (κ2) is 16.9. The normalized spacial score (nSPS) is 16.1. The number of nitrogens with two attached hydrogens (primary N) is 1. The number of nitrogens with one attached hydrogen (secondary N) is 1. The summed E-state index contributed by atoms with van der Waals surface area (Å²) in [4.78, 5) is 23.7. The van der Waals surface area contributed by atoms with Gasteiger partial charge in [-0.3, -0.25) is 14.7 Å². The van der Waals surface area contributed by atoms with Gasteiger partial charge in [-0.25, -0.2) is 4.98 Å². The zero-order valence-corrected chi connectivity index (χ0v) is 23.8. The van der Waals surface area contributed by atoms with E-state index in [-0.39, 0.29) is 23.3 Å². The molecular weight excluding hydrogens is 523 g/mol. The fourth-order valence-electron chi connectivity index (χ4n) is 4.36. The number of H-pyrrole nitrogens is 1. The van der Waals surface area contributed by atoms with Crippen LogP contribution in [0.15, 0.2) is 42.7 Å². The van der Waals surface area contributed by atoms with Crippen molar-refractivity contribution in [2.24, 2.45) is 5.73 Å². The molecule has 0 saturated carbocycles. The number of alkyl halides is 3. The van der Waals surface area contributed by atoms with Crippen molar-refractivity contribution in [1.82, 2.24) is 19.9 Å². The van der Waals surface area contributed by atoms with E-state index in [0.717, 1.165) is 50.8 Å². The van der Waals surface area contributed by atoms with Gasteiger partial charge < -0.3 is 20.2 Å². The molecule has 8 nitrogen and oxygen atoms in total. The van der Waals surface area contributed by atoms with Gasteiger partial charge >= 0.3 is 6.18 Å². The van der Waals surface area contributed by atoms with Crippen molar-refractivity contribution >= 4 is 16.9 Å². The zero-order valence-electron chi connectivity index (χ0n) is 23.8. The van der Waals surface area contributed by atoms with E-state index in [0.29, 0.717) is 18.8 Å². The number of nitrogens with zero attached hydrogens (tertiary/aromatic N) is 3. The number of aromatic amines is 1. The Labute approximate surface area is 234 Å². The minimum absolute atomic E-state index is 0.129. The molecule has 2 aromatic heterocycles. The minimum atomic E-state index is -4.47. The number of fused-ring (bicyclic) bond motifs is 1. The van der Waals surface area contributed by atoms with Gasteiger partial charge in [0.15, 0.2) is 0 Å². The van der Waals surface area contributed by atoms with E-state index in [4.69, 9.17) is 15.2 Å². The Bertz CT molecular complexity index is 1140. The summed E-state index contributed by atoms with van der Waals surface area (Å²) in [7, 11) is 0. The molecule has 0 aliphatic carbocycles. The number of hydrogen-bond donors (Lipinski definition) is 2. The molecule has 11 heteroatoms. The standard InChI is InChI=1S/C17H28N2O2.C10H8F3N3O.C2H6/c1-3-20-11-5-6-15(2)19-10-8-17(13-19)21-14-16-7-4-9-18-12-16;11-10(12,13)5-2-1-3-6-9(5)16-8(15-6)4-7(14)17;1-2/h4,7,9,12,15,17H,3,5-6,8,10-11,13-14H2,1-2H3;1-3H,4H2,(H2,14,17)(H,15,16);1-2H3. The fraction of sp³-hybridized carbons (Fsp3) is 0.552. The molecule has 4 rings (SSSR count). The highest BCUT2D eigenvalue weighted by atomic mass is 19.4. The number of carbonyl (C=O) groups excluding carboxylic acids is 1. The number of rotatable bonds is 11. The van der Waals surface area contributed by atoms with Gasteiger partial charge in [0.05, 0.1) is 30.2 Å². The third-order valence-corrected chi connectivity index (χ3v) is 6.33. The lowest BCUT2D eigenvalue weighted by atomic mass is 10.1. The molecule has 3 N–H and O–H groups in total. The maximum absolute atomic E-state index is 12.6. The summed E-state index contributed by atoms with van der Waals surface area (Å²) in [5, 5.41) is 0. The van der Waals surface area contributed by atoms with Gasteiger partial charge in [0.1, 0.15) is 11.3 Å². The van der Waals surface area contributed by atoms with Gasteiger partial charge in [-0.1, -0.05) is 26.0 Å². The van der Waals surface area contributed by atoms with Crippen LogP contribution in [0, 0.1) is 0 Å². The van der Waals surface area contributed by atoms with Crippen molar-refractivity contribution in [3.8, 4) is 0 Å². The van der Waals surface area contributed by atoms with Crippen molar-refractivity contribution in [2.45, 2.75) is 78.3 Å². The molecule has 2 atom stereocenters. The number of hydrogen-bond acceptors (Lipinski definition) is 6. The van der Waals surface area contributed by atoms with Crippen LogP contribution in [0.5, 0.6) is 0 Å². The maximum Gasteiger partial charge on any atom is 0.418 e. The van der Waals surface area contributed by atoms with E-state index in [9.17, 15) is 18.0 Å². The summed E-state index contributed by atoms with van der Waals surface area (Å²) in [5.41, 5.74) is 5.31. The Morgan fingerprint density at radius 1 is 1.25 bits per heavy atom. The number of pyridine rings is 1. The van der Waals surface area contributed by atoms with Crippen LogP contribution < -0.4 is 5.73 Å². The molecule has 1 fully saturated rings. The van der Waals surface area contributed by atoms with E-state index in [1.807, 2.05) is 33.0 Å². The second-order valence-electron chi connectivity index (χ2n) is 9.29. The lowest BCUT2D eigenvalue weighted by Gasteiger charge is -2.24. The van der Waals surface area contributed by atoms with Crippen molar-refractivity contribution in [1.29, 1.82) is 0 Å². The molecule has 40 heavy (non-hydrogen) atoms. The van der Waals surface area contributed by atoms with Crippen molar-refractivity contribution < 1.29 is 27.4 Å². The second-order valence-corrected chi connectivity index (χ2v) is 9.29. The number of benzene rings is 1. The number of ether oxygens (including phenoxy) is 2. The average Bonchev–Trinajstić information content (AvgIpc) is 3.57. The molecule has 1 aromatic carbocycles. The third-order valence-electron chi connectivity index (χ3n) is 6.33. The summed E-state index contributed by atoms with van der Waals surface area (Å²) in [5.74, 6) is -0.526. The molecular formula is C29H42F3N5O3. The van der Waals surface area contributed by atoms with Gasteiger partial charge in [0.2, 0.25) is 5.91 Å². The smallest absolute Gasteiger partial charge is 0.382 e. The summed E-state index contributed by atoms with van der Waals surface area (Å²) in [6.07, 6.45) is 2.83. The average molecular weight is 566 g/mol. The summed E-state index contributed by atoms with van der Waals surface area (Å²) < 4.78 is 49.3. The van der Waals surface area contributed by atoms with Gasteiger partial charge in [0.25, 0.3) is 0 Å². The lowest BCUT2D eigenvalue weighted by molar-refractivity contribution is -0.136. The highest BCUT2D eigenvalue weighted by Crippen LogP contribution is 2.33. The predicted octanol–water partition coefficient (Wildman–Crippen LogP) is 5.51. The van der Waals surface area contributed by atoms with Crippen LogP contribution in [0.2, 0.25) is 0 Å². The quantitative estimate of drug-likeness (QED) is 0.297. The van der Waals surface area contributed by atoms with Gasteiger partial charge in [-0.2, -0.15) is 13.2 Å². The number of imidazole rings is 1. The third kappa shape index (κ3) is 10.9. The minimum Gasteiger partial charge on any atom is -0.382 e. The molecule has 0 radical (unpaired) electrons.